The molecule has 46 heavy (non-hydrogen) atoms. The Morgan fingerprint density at radius 2 is 1.67 bits per heavy atom. The van der Waals surface area contributed by atoms with E-state index in [0.717, 1.165) is 68.6 Å². The van der Waals surface area contributed by atoms with Crippen LogP contribution in [0, 0.1) is 0 Å². The van der Waals surface area contributed by atoms with Gasteiger partial charge in [-0.15, -0.1) is 0 Å². The summed E-state index contributed by atoms with van der Waals surface area (Å²) in [6, 6.07) is 8.61. The van der Waals surface area contributed by atoms with E-state index in [1.807, 2.05) is 0 Å². The monoisotopic (exact) mass is 648 g/mol. The minimum atomic E-state index is -4.26. The maximum atomic E-state index is 12.7. The van der Waals surface area contributed by atoms with E-state index in [9.17, 15) is 23.1 Å². The van der Waals surface area contributed by atoms with Crippen molar-refractivity contribution in [3.63, 3.8) is 0 Å². The lowest BCUT2D eigenvalue weighted by atomic mass is 9.93. The van der Waals surface area contributed by atoms with Gasteiger partial charge in [-0.2, -0.15) is 18.2 Å². The van der Waals surface area contributed by atoms with Gasteiger partial charge in [0.1, 0.15) is 12.3 Å². The first kappa shape index (κ1) is 34.0. The smallest absolute Gasteiger partial charge is 0.390 e. The summed E-state index contributed by atoms with van der Waals surface area (Å²) in [5.41, 5.74) is 3.88. The summed E-state index contributed by atoms with van der Waals surface area (Å²) in [6.45, 7) is 6.08. The third-order valence-corrected chi connectivity index (χ3v) is 8.61. The van der Waals surface area contributed by atoms with E-state index in [1.165, 1.54) is 5.56 Å². The van der Waals surface area contributed by atoms with Crippen molar-refractivity contribution in [2.24, 2.45) is 0 Å². The first-order valence-electron chi connectivity index (χ1n) is 15.9. The van der Waals surface area contributed by atoms with Crippen LogP contribution in [0.15, 0.2) is 36.7 Å². The van der Waals surface area contributed by atoms with Crippen LogP contribution in [0.3, 0.4) is 0 Å². The second-order valence-corrected chi connectivity index (χ2v) is 12.0. The molecule has 0 spiro atoms. The van der Waals surface area contributed by atoms with Crippen LogP contribution in [-0.4, -0.2) is 118 Å². The molecular weight excluding hydrogens is 605 g/mol. The number of halogens is 3. The number of fused-ring (bicyclic) bond motifs is 1. The minimum Gasteiger partial charge on any atom is -0.480 e. The van der Waals surface area contributed by atoms with Crippen molar-refractivity contribution in [3.05, 3.63) is 42.2 Å². The number of carboxylic acids is 1. The molecule has 1 aliphatic carbocycles. The summed E-state index contributed by atoms with van der Waals surface area (Å²) < 4.78 is 50.7. The molecule has 1 aromatic carbocycles. The molecule has 1 saturated heterocycles. The lowest BCUT2D eigenvalue weighted by molar-refractivity contribution is -0.142. The lowest BCUT2D eigenvalue weighted by Gasteiger charge is -2.34. The molecule has 2 aliphatic rings. The van der Waals surface area contributed by atoms with Crippen molar-refractivity contribution >= 4 is 23.0 Å². The predicted octanol–water partition coefficient (Wildman–Crippen LogP) is 4.17. The van der Waals surface area contributed by atoms with Crippen LogP contribution in [-0.2, 0) is 20.8 Å². The van der Waals surface area contributed by atoms with Gasteiger partial charge in [0.15, 0.2) is 0 Å². The number of aliphatic hydroxyl groups excluding tert-OH is 1. The zero-order chi connectivity index (χ0) is 32.5. The summed E-state index contributed by atoms with van der Waals surface area (Å²) in [5.74, 6) is -0.814. The van der Waals surface area contributed by atoms with E-state index >= 15 is 0 Å². The van der Waals surface area contributed by atoms with Gasteiger partial charge in [-0.25, -0.2) is 9.78 Å². The molecule has 1 saturated carbocycles. The van der Waals surface area contributed by atoms with Crippen molar-refractivity contribution in [2.45, 2.75) is 57.0 Å². The predicted molar refractivity (Wildman–Crippen MR) is 167 cm³/mol. The zero-order valence-corrected chi connectivity index (χ0v) is 25.9. The van der Waals surface area contributed by atoms with Crippen LogP contribution in [0.4, 0.5) is 19.1 Å². The van der Waals surface area contributed by atoms with E-state index in [0.29, 0.717) is 31.7 Å². The molecular formula is C32H43F3N6O5. The van der Waals surface area contributed by atoms with Gasteiger partial charge < -0.3 is 29.6 Å². The number of rotatable bonds is 15. The van der Waals surface area contributed by atoms with Gasteiger partial charge >= 0.3 is 12.1 Å². The van der Waals surface area contributed by atoms with Crippen molar-refractivity contribution in [1.82, 2.24) is 24.3 Å². The molecule has 3 heterocycles. The maximum absolute atomic E-state index is 12.7. The lowest BCUT2D eigenvalue weighted by Crippen LogP contribution is -2.46. The molecule has 0 radical (unpaired) electrons. The molecule has 1 aliphatic heterocycles. The average molecular weight is 649 g/mol. The molecule has 5 rings (SSSR count). The number of piperazine rings is 1. The third-order valence-electron chi connectivity index (χ3n) is 8.61. The Labute approximate surface area is 266 Å². The number of aromatic nitrogens is 3. The number of anilines is 1. The van der Waals surface area contributed by atoms with Gasteiger partial charge in [-0.05, 0) is 36.8 Å². The van der Waals surface area contributed by atoms with E-state index < -0.39 is 18.6 Å². The molecule has 14 heteroatoms. The van der Waals surface area contributed by atoms with Gasteiger partial charge in [0.25, 0.3) is 0 Å². The molecule has 0 bridgehead atoms. The highest BCUT2D eigenvalue weighted by Gasteiger charge is 2.27. The van der Waals surface area contributed by atoms with Crippen LogP contribution in [0.2, 0.25) is 0 Å². The number of alkyl halides is 3. The number of carboxylic acid groups (broad SMARTS) is 1. The fourth-order valence-corrected chi connectivity index (χ4v) is 6.07. The molecule has 2 fully saturated rings. The second kappa shape index (κ2) is 16.0. The Morgan fingerprint density at radius 3 is 2.37 bits per heavy atom. The number of hydrogen-bond donors (Lipinski definition) is 3. The van der Waals surface area contributed by atoms with E-state index in [-0.39, 0.29) is 37.9 Å². The fraction of sp³-hybridized carbons (Fsp3) is 0.594. The van der Waals surface area contributed by atoms with Crippen LogP contribution in [0.5, 0.6) is 0 Å². The fourth-order valence-electron chi connectivity index (χ4n) is 6.07. The summed E-state index contributed by atoms with van der Waals surface area (Å²) in [4.78, 5) is 24.2. The molecule has 252 valence electrons. The van der Waals surface area contributed by atoms with Gasteiger partial charge in [-0.3, -0.25) is 9.80 Å². The molecule has 2 aromatic heterocycles. The minimum absolute atomic E-state index is 0.139. The van der Waals surface area contributed by atoms with Crippen molar-refractivity contribution in [1.29, 1.82) is 0 Å². The van der Waals surface area contributed by atoms with Crippen LogP contribution < -0.4 is 5.32 Å². The first-order chi connectivity index (χ1) is 22.1. The highest BCUT2D eigenvalue weighted by Crippen LogP contribution is 2.37. The van der Waals surface area contributed by atoms with Gasteiger partial charge in [0, 0.05) is 75.2 Å². The van der Waals surface area contributed by atoms with Crippen LogP contribution >= 0.6 is 0 Å². The Hall–Kier alpha value is -3.30. The Bertz CT molecular complexity index is 1400. The van der Waals surface area contributed by atoms with Crippen LogP contribution in [0.25, 0.3) is 22.2 Å². The number of hydrogen-bond acceptors (Lipinski definition) is 9. The third kappa shape index (κ3) is 9.85. The van der Waals surface area contributed by atoms with Gasteiger partial charge in [0.05, 0.1) is 32.3 Å². The molecule has 3 aromatic rings. The molecule has 0 unspecified atom stereocenters. The molecule has 0 amide bonds. The number of aliphatic carboxylic acids is 1. The Balaban J connectivity index is 1.18. The number of nitrogens with one attached hydrogen (secondary N) is 1. The summed E-state index contributed by atoms with van der Waals surface area (Å²) in [7, 11) is 0. The molecule has 11 nitrogen and oxygen atoms in total. The highest BCUT2D eigenvalue weighted by atomic mass is 19.4. The van der Waals surface area contributed by atoms with Crippen molar-refractivity contribution in [3.8, 4) is 11.1 Å². The summed E-state index contributed by atoms with van der Waals surface area (Å²) >= 11 is 0. The van der Waals surface area contributed by atoms with Crippen molar-refractivity contribution < 1.29 is 37.7 Å². The zero-order valence-electron chi connectivity index (χ0n) is 25.9. The first-order valence-corrected chi connectivity index (χ1v) is 15.9. The second-order valence-electron chi connectivity index (χ2n) is 12.0. The Morgan fingerprint density at radius 1 is 0.978 bits per heavy atom. The van der Waals surface area contributed by atoms with E-state index in [4.69, 9.17) is 14.6 Å². The van der Waals surface area contributed by atoms with E-state index in [1.54, 1.807) is 6.20 Å². The summed E-state index contributed by atoms with van der Waals surface area (Å²) in [6.07, 6.45) is 1.23. The normalized spacial score (nSPS) is 19.9. The Kier molecular flexibility index (Phi) is 11.8. The SMILES string of the molecule is O=C(O)COCCOCCN1CCN(Cc2ccc(-c3cn(C4CCC(O)CC4)c4nc(NCCC(F)(F)F)ncc34)cc2)CC1. The van der Waals surface area contributed by atoms with Crippen molar-refractivity contribution in [2.75, 3.05) is 71.0 Å². The standard InChI is InChI=1S/C32H43F3N6O5/c33-32(34,35)9-10-36-31-37-19-27-28(21-41(30(27)38-31)25-5-7-26(42)8-6-25)24-3-1-23(2-4-24)20-40-13-11-39(12-14-40)15-16-45-17-18-46-22-29(43)44/h1-4,19,21,25-26,42H,5-18,20,22H2,(H,43,44)(H,36,37,38). The maximum Gasteiger partial charge on any atom is 0.390 e. The number of benzene rings is 1. The topological polar surface area (TPSA) is 125 Å². The van der Waals surface area contributed by atoms with Gasteiger partial charge in [-0.1, -0.05) is 24.3 Å². The largest absolute Gasteiger partial charge is 0.480 e. The quantitative estimate of drug-likeness (QED) is 0.207. The number of ether oxygens (including phenoxy) is 2. The van der Waals surface area contributed by atoms with Gasteiger partial charge in [0.2, 0.25) is 5.95 Å². The average Bonchev–Trinajstić information content (AvgIpc) is 3.40. The highest BCUT2D eigenvalue weighted by molar-refractivity contribution is 5.94. The number of aliphatic hydroxyl groups is 1. The number of carbonyl (C=O) groups is 1. The summed E-state index contributed by atoms with van der Waals surface area (Å²) in [5, 5.41) is 22.2. The number of nitrogens with zero attached hydrogens (tertiary/aromatic N) is 5. The molecule has 3 N–H and O–H groups in total. The molecule has 0 atom stereocenters. The van der Waals surface area contributed by atoms with E-state index in [2.05, 4.69) is 60.1 Å². The van der Waals surface area contributed by atoms with Crippen LogP contribution in [0.1, 0.15) is 43.7 Å².